The van der Waals surface area contributed by atoms with Crippen LogP contribution in [0.15, 0.2) is 0 Å². The Kier molecular flexibility index (Phi) is 4.65. The quantitative estimate of drug-likeness (QED) is 0.914. The van der Waals surface area contributed by atoms with Crippen molar-refractivity contribution < 1.29 is 21.6 Å². The lowest BCUT2D eigenvalue weighted by atomic mass is 10.1. The Morgan fingerprint density at radius 3 is 2.57 bits per heavy atom. The Morgan fingerprint density at radius 1 is 1.43 bits per heavy atom. The van der Waals surface area contributed by atoms with Crippen LogP contribution in [-0.2, 0) is 22.6 Å². The maximum atomic E-state index is 13.0. The predicted octanol–water partition coefficient (Wildman–Crippen LogP) is 2.56. The van der Waals surface area contributed by atoms with Gasteiger partial charge in [0.25, 0.3) is 0 Å². The van der Waals surface area contributed by atoms with Gasteiger partial charge in [-0.15, -0.1) is 11.3 Å². The van der Waals surface area contributed by atoms with Gasteiger partial charge in [-0.2, -0.15) is 13.2 Å². The second-order valence-electron chi connectivity index (χ2n) is 5.46. The summed E-state index contributed by atoms with van der Waals surface area (Å²) in [5, 5.41) is 3.23. The standard InChI is InChI=1S/C12H17F3N2O2S2/c1-7(2)16-5-9-10(12(13,14)15)17-11(20-9)8-3-4-21(18,19)6-8/h7-8,16H,3-6H2,1-2H3. The maximum Gasteiger partial charge on any atom is 0.434 e. The van der Waals surface area contributed by atoms with E-state index in [2.05, 4.69) is 10.3 Å². The number of rotatable bonds is 4. The van der Waals surface area contributed by atoms with Gasteiger partial charge in [0.05, 0.1) is 21.4 Å². The second-order valence-corrected chi connectivity index (χ2v) is 8.80. The van der Waals surface area contributed by atoms with E-state index in [0.29, 0.717) is 6.42 Å². The summed E-state index contributed by atoms with van der Waals surface area (Å²) in [4.78, 5) is 3.82. The van der Waals surface area contributed by atoms with E-state index in [0.717, 1.165) is 11.3 Å². The first-order chi connectivity index (χ1) is 9.58. The first-order valence-corrected chi connectivity index (χ1v) is 9.23. The SMILES string of the molecule is CC(C)NCc1sc(C2CCS(=O)(=O)C2)nc1C(F)(F)F. The Bertz CT molecular complexity index is 609. The number of halogens is 3. The highest BCUT2D eigenvalue weighted by Crippen LogP contribution is 2.39. The van der Waals surface area contributed by atoms with Gasteiger partial charge in [0.15, 0.2) is 15.5 Å². The Balaban J connectivity index is 2.28. The van der Waals surface area contributed by atoms with E-state index >= 15 is 0 Å². The molecule has 0 saturated carbocycles. The molecule has 0 aromatic carbocycles. The first-order valence-electron chi connectivity index (χ1n) is 6.59. The molecule has 0 bridgehead atoms. The van der Waals surface area contributed by atoms with E-state index < -0.39 is 27.6 Å². The van der Waals surface area contributed by atoms with Gasteiger partial charge in [-0.25, -0.2) is 13.4 Å². The molecule has 1 N–H and O–H groups in total. The molecule has 0 spiro atoms. The van der Waals surface area contributed by atoms with Crippen molar-refractivity contribution in [1.82, 2.24) is 10.3 Å². The van der Waals surface area contributed by atoms with Crippen LogP contribution < -0.4 is 5.32 Å². The van der Waals surface area contributed by atoms with Crippen LogP contribution in [0, 0.1) is 0 Å². The summed E-state index contributed by atoms with van der Waals surface area (Å²) in [6, 6.07) is 0.0588. The zero-order valence-corrected chi connectivity index (χ0v) is 13.3. The topological polar surface area (TPSA) is 59.1 Å². The van der Waals surface area contributed by atoms with Crippen molar-refractivity contribution in [3.05, 3.63) is 15.6 Å². The molecule has 1 aromatic rings. The summed E-state index contributed by atoms with van der Waals surface area (Å²) in [7, 11) is -3.14. The number of sulfone groups is 1. The zero-order valence-electron chi connectivity index (χ0n) is 11.7. The van der Waals surface area contributed by atoms with Crippen molar-refractivity contribution in [2.75, 3.05) is 11.5 Å². The van der Waals surface area contributed by atoms with Crippen LogP contribution in [0.25, 0.3) is 0 Å². The fraction of sp³-hybridized carbons (Fsp3) is 0.750. The molecule has 9 heteroatoms. The Morgan fingerprint density at radius 2 is 2.10 bits per heavy atom. The van der Waals surface area contributed by atoms with E-state index in [4.69, 9.17) is 0 Å². The normalized spacial score (nSPS) is 22.1. The third kappa shape index (κ3) is 4.17. The molecule has 1 atom stereocenters. The van der Waals surface area contributed by atoms with Gasteiger partial charge < -0.3 is 5.32 Å². The number of nitrogens with one attached hydrogen (secondary N) is 1. The summed E-state index contributed by atoms with van der Waals surface area (Å²) < 4.78 is 62.0. The lowest BCUT2D eigenvalue weighted by Gasteiger charge is -2.09. The molecule has 120 valence electrons. The summed E-state index contributed by atoms with van der Waals surface area (Å²) in [5.41, 5.74) is -0.889. The van der Waals surface area contributed by atoms with Crippen molar-refractivity contribution in [3.63, 3.8) is 0 Å². The minimum Gasteiger partial charge on any atom is -0.310 e. The van der Waals surface area contributed by atoms with Crippen molar-refractivity contribution >= 4 is 21.2 Å². The van der Waals surface area contributed by atoms with Crippen molar-refractivity contribution in [2.24, 2.45) is 0 Å². The fourth-order valence-corrected chi connectivity index (χ4v) is 5.20. The average Bonchev–Trinajstić information content (AvgIpc) is 2.89. The molecule has 1 fully saturated rings. The van der Waals surface area contributed by atoms with Crippen molar-refractivity contribution in [1.29, 1.82) is 0 Å². The smallest absolute Gasteiger partial charge is 0.310 e. The van der Waals surface area contributed by atoms with Gasteiger partial charge in [0.1, 0.15) is 0 Å². The molecular formula is C12H17F3N2O2S2. The molecule has 1 aromatic heterocycles. The second kappa shape index (κ2) is 5.85. The predicted molar refractivity (Wildman–Crippen MR) is 75.1 cm³/mol. The molecule has 1 aliphatic heterocycles. The van der Waals surface area contributed by atoms with Crippen LogP contribution in [-0.4, -0.2) is 30.9 Å². The van der Waals surface area contributed by atoms with Crippen LogP contribution in [0.4, 0.5) is 13.2 Å². The van der Waals surface area contributed by atoms with Gasteiger partial charge in [-0.1, -0.05) is 13.8 Å². The number of alkyl halides is 3. The number of aromatic nitrogens is 1. The summed E-state index contributed by atoms with van der Waals surface area (Å²) >= 11 is 0.968. The molecule has 2 rings (SSSR count). The highest BCUT2D eigenvalue weighted by molar-refractivity contribution is 7.91. The van der Waals surface area contributed by atoms with E-state index in [1.54, 1.807) is 0 Å². The van der Waals surface area contributed by atoms with E-state index in [-0.39, 0.29) is 34.0 Å². The summed E-state index contributed by atoms with van der Waals surface area (Å²) in [6.07, 6.45) is -4.16. The molecule has 1 unspecified atom stereocenters. The molecule has 2 heterocycles. The summed E-state index contributed by atoms with van der Waals surface area (Å²) in [6.45, 7) is 3.78. The highest BCUT2D eigenvalue weighted by atomic mass is 32.2. The minimum absolute atomic E-state index is 0.0260. The highest BCUT2D eigenvalue weighted by Gasteiger charge is 2.39. The van der Waals surface area contributed by atoms with E-state index in [1.165, 1.54) is 0 Å². The van der Waals surface area contributed by atoms with E-state index in [1.807, 2.05) is 13.8 Å². The van der Waals surface area contributed by atoms with Crippen LogP contribution in [0.1, 0.15) is 41.8 Å². The molecule has 1 aliphatic rings. The van der Waals surface area contributed by atoms with Crippen LogP contribution >= 0.6 is 11.3 Å². The van der Waals surface area contributed by atoms with Crippen LogP contribution in [0.5, 0.6) is 0 Å². The van der Waals surface area contributed by atoms with Crippen molar-refractivity contribution in [2.45, 2.75) is 44.9 Å². The number of thiazole rings is 1. The fourth-order valence-electron chi connectivity index (χ4n) is 2.17. The molecule has 0 aliphatic carbocycles. The maximum absolute atomic E-state index is 13.0. The van der Waals surface area contributed by atoms with Crippen molar-refractivity contribution in [3.8, 4) is 0 Å². The molecule has 0 amide bonds. The van der Waals surface area contributed by atoms with Crippen LogP contribution in [0.2, 0.25) is 0 Å². The lowest BCUT2D eigenvalue weighted by Crippen LogP contribution is -2.23. The molecule has 4 nitrogen and oxygen atoms in total. The van der Waals surface area contributed by atoms with Gasteiger partial charge in [0.2, 0.25) is 0 Å². The van der Waals surface area contributed by atoms with E-state index in [9.17, 15) is 21.6 Å². The minimum atomic E-state index is -4.51. The van der Waals surface area contributed by atoms with Gasteiger partial charge in [0, 0.05) is 18.5 Å². The van der Waals surface area contributed by atoms with Gasteiger partial charge in [-0.3, -0.25) is 0 Å². The first kappa shape index (κ1) is 16.7. The zero-order chi connectivity index (χ0) is 15.8. The summed E-state index contributed by atoms with van der Waals surface area (Å²) in [5.74, 6) is -0.485. The molecule has 1 saturated heterocycles. The largest absolute Gasteiger partial charge is 0.434 e. The third-order valence-electron chi connectivity index (χ3n) is 3.23. The number of hydrogen-bond acceptors (Lipinski definition) is 5. The molecule has 21 heavy (non-hydrogen) atoms. The molecule has 0 radical (unpaired) electrons. The third-order valence-corrected chi connectivity index (χ3v) is 6.22. The van der Waals surface area contributed by atoms with Gasteiger partial charge in [-0.05, 0) is 6.42 Å². The number of hydrogen-bond donors (Lipinski definition) is 1. The Labute approximate surface area is 125 Å². The monoisotopic (exact) mass is 342 g/mol. The molecular weight excluding hydrogens is 325 g/mol. The van der Waals surface area contributed by atoms with Crippen LogP contribution in [0.3, 0.4) is 0 Å². The lowest BCUT2D eigenvalue weighted by molar-refractivity contribution is -0.141. The Hall–Kier alpha value is -0.670. The number of nitrogens with zero attached hydrogens (tertiary/aromatic N) is 1. The average molecular weight is 342 g/mol. The van der Waals surface area contributed by atoms with Gasteiger partial charge >= 0.3 is 6.18 Å².